The Labute approximate surface area is 106 Å². The molecule has 0 aliphatic heterocycles. The first-order chi connectivity index (χ1) is 8.72. The van der Waals surface area contributed by atoms with E-state index in [0.29, 0.717) is 18.6 Å². The van der Waals surface area contributed by atoms with Gasteiger partial charge >= 0.3 is 5.97 Å². The van der Waals surface area contributed by atoms with E-state index in [9.17, 15) is 4.79 Å². The number of pyridine rings is 1. The highest BCUT2D eigenvalue weighted by Crippen LogP contribution is 2.19. The van der Waals surface area contributed by atoms with Gasteiger partial charge in [0, 0.05) is 23.6 Å². The molecule has 0 radical (unpaired) electrons. The number of carbonyl (C=O) groups is 1. The number of nitrogens with zero attached hydrogens (tertiary/aromatic N) is 1. The number of ether oxygens (including phenoxy) is 1. The predicted octanol–water partition coefficient (Wildman–Crippen LogP) is 2.90. The number of rotatable bonds is 4. The predicted molar refractivity (Wildman–Crippen MR) is 71.2 cm³/mol. The molecule has 18 heavy (non-hydrogen) atoms. The average molecular weight is 241 g/mol. The van der Waals surface area contributed by atoms with Crippen LogP contribution in [0.3, 0.4) is 0 Å². The van der Waals surface area contributed by atoms with Gasteiger partial charge < -0.3 is 4.74 Å². The Kier molecular flexibility index (Phi) is 3.72. The molecule has 2 aromatic rings. The van der Waals surface area contributed by atoms with E-state index in [1.165, 1.54) is 0 Å². The van der Waals surface area contributed by atoms with E-state index >= 15 is 0 Å². The van der Waals surface area contributed by atoms with E-state index in [1.807, 2.05) is 30.3 Å². The van der Waals surface area contributed by atoms with E-state index in [0.717, 1.165) is 16.5 Å². The fraction of sp³-hybridized carbons (Fsp3) is 0.200. The Bertz CT molecular complexity index is 585. The number of hydrogen-bond donors (Lipinski definition) is 0. The van der Waals surface area contributed by atoms with Crippen LogP contribution in [0.25, 0.3) is 10.9 Å². The normalized spacial score (nSPS) is 10.3. The van der Waals surface area contributed by atoms with Crippen LogP contribution >= 0.6 is 0 Å². The highest BCUT2D eigenvalue weighted by molar-refractivity contribution is 5.90. The summed E-state index contributed by atoms with van der Waals surface area (Å²) in [6, 6.07) is 9.76. The molecule has 2 rings (SSSR count). The van der Waals surface area contributed by atoms with E-state index in [-0.39, 0.29) is 5.97 Å². The van der Waals surface area contributed by atoms with Gasteiger partial charge in [0.05, 0.1) is 12.1 Å². The van der Waals surface area contributed by atoms with Gasteiger partial charge in [0.2, 0.25) is 0 Å². The molecule has 3 heteroatoms. The monoisotopic (exact) mass is 241 g/mol. The van der Waals surface area contributed by atoms with Crippen LogP contribution in [0, 0.1) is 0 Å². The van der Waals surface area contributed by atoms with Crippen LogP contribution in [0.15, 0.2) is 48.7 Å². The second-order valence-corrected chi connectivity index (χ2v) is 3.99. The second kappa shape index (κ2) is 5.45. The molecule has 1 heterocycles. The number of benzene rings is 1. The molecule has 0 fully saturated rings. The van der Waals surface area contributed by atoms with Gasteiger partial charge in [-0.1, -0.05) is 24.8 Å². The van der Waals surface area contributed by atoms with Crippen molar-refractivity contribution in [1.82, 2.24) is 4.98 Å². The lowest BCUT2D eigenvalue weighted by atomic mass is 10.0. The van der Waals surface area contributed by atoms with Crippen LogP contribution in [0.4, 0.5) is 0 Å². The first kappa shape index (κ1) is 12.3. The van der Waals surface area contributed by atoms with Crippen LogP contribution in [0.2, 0.25) is 0 Å². The summed E-state index contributed by atoms with van der Waals surface area (Å²) in [5, 5.41) is 1.05. The molecule has 0 aliphatic carbocycles. The van der Waals surface area contributed by atoms with Gasteiger partial charge in [-0.25, -0.2) is 4.79 Å². The molecule has 1 aromatic heterocycles. The molecule has 0 atom stereocenters. The van der Waals surface area contributed by atoms with Crippen molar-refractivity contribution >= 4 is 16.9 Å². The number of aromatic nitrogens is 1. The van der Waals surface area contributed by atoms with Gasteiger partial charge in [0.1, 0.15) is 0 Å². The quantitative estimate of drug-likeness (QED) is 0.610. The summed E-state index contributed by atoms with van der Waals surface area (Å²) < 4.78 is 4.93. The molecule has 0 unspecified atom stereocenters. The van der Waals surface area contributed by atoms with Crippen molar-refractivity contribution in [2.75, 3.05) is 6.61 Å². The van der Waals surface area contributed by atoms with Crippen molar-refractivity contribution in [1.29, 1.82) is 0 Å². The molecule has 0 N–H and O–H groups in total. The Morgan fingerprint density at radius 3 is 2.89 bits per heavy atom. The molecule has 3 nitrogen and oxygen atoms in total. The van der Waals surface area contributed by atoms with Crippen molar-refractivity contribution < 1.29 is 9.53 Å². The van der Waals surface area contributed by atoms with E-state index in [2.05, 4.69) is 11.6 Å². The molecular formula is C15H15NO2. The molecule has 0 aliphatic rings. The third-order valence-electron chi connectivity index (χ3n) is 2.71. The van der Waals surface area contributed by atoms with Gasteiger partial charge in [-0.2, -0.15) is 0 Å². The molecule has 0 amide bonds. The van der Waals surface area contributed by atoms with Gasteiger partial charge in [0.25, 0.3) is 0 Å². The highest BCUT2D eigenvalue weighted by atomic mass is 16.5. The van der Waals surface area contributed by atoms with Gasteiger partial charge in [0.15, 0.2) is 0 Å². The highest BCUT2D eigenvalue weighted by Gasteiger charge is 2.10. The molecular weight excluding hydrogens is 226 g/mol. The standard InChI is InChI=1S/C15H15NO2/c1-3-18-15(17)11(2)10-12-8-9-16-14-7-5-4-6-13(12)14/h4-9H,2-3,10H2,1H3. The Balaban J connectivity index is 2.27. The fourth-order valence-corrected chi connectivity index (χ4v) is 1.84. The van der Waals surface area contributed by atoms with Crippen molar-refractivity contribution in [3.05, 3.63) is 54.2 Å². The zero-order chi connectivity index (χ0) is 13.0. The van der Waals surface area contributed by atoms with Crippen LogP contribution in [-0.4, -0.2) is 17.6 Å². The number of carbonyl (C=O) groups excluding carboxylic acids is 1. The minimum Gasteiger partial charge on any atom is -0.463 e. The minimum atomic E-state index is -0.335. The Morgan fingerprint density at radius 1 is 1.33 bits per heavy atom. The summed E-state index contributed by atoms with van der Waals surface area (Å²) in [4.78, 5) is 15.8. The van der Waals surface area contributed by atoms with Crippen molar-refractivity contribution in [2.24, 2.45) is 0 Å². The first-order valence-electron chi connectivity index (χ1n) is 5.90. The lowest BCUT2D eigenvalue weighted by Crippen LogP contribution is -2.09. The lowest BCUT2D eigenvalue weighted by Gasteiger charge is -2.07. The third kappa shape index (κ3) is 2.56. The molecule has 1 aromatic carbocycles. The van der Waals surface area contributed by atoms with Gasteiger partial charge in [-0.05, 0) is 24.6 Å². The Morgan fingerprint density at radius 2 is 2.11 bits per heavy atom. The summed E-state index contributed by atoms with van der Waals surface area (Å²) in [6.45, 7) is 5.94. The van der Waals surface area contributed by atoms with Crippen molar-refractivity contribution in [3.63, 3.8) is 0 Å². The maximum atomic E-state index is 11.5. The fourth-order valence-electron chi connectivity index (χ4n) is 1.84. The van der Waals surface area contributed by atoms with Gasteiger partial charge in [-0.15, -0.1) is 0 Å². The zero-order valence-electron chi connectivity index (χ0n) is 10.3. The topological polar surface area (TPSA) is 39.2 Å². The molecule has 92 valence electrons. The number of esters is 1. The molecule has 0 bridgehead atoms. The SMILES string of the molecule is C=C(Cc1ccnc2ccccc12)C(=O)OCC. The number of fused-ring (bicyclic) bond motifs is 1. The summed E-state index contributed by atoms with van der Waals surface area (Å²) in [5.41, 5.74) is 2.43. The van der Waals surface area contributed by atoms with Crippen LogP contribution < -0.4 is 0 Å². The van der Waals surface area contributed by atoms with Crippen LogP contribution in [0.5, 0.6) is 0 Å². The smallest absolute Gasteiger partial charge is 0.333 e. The number of para-hydroxylation sites is 1. The summed E-state index contributed by atoms with van der Waals surface area (Å²) in [7, 11) is 0. The maximum Gasteiger partial charge on any atom is 0.333 e. The van der Waals surface area contributed by atoms with E-state index < -0.39 is 0 Å². The van der Waals surface area contributed by atoms with E-state index in [4.69, 9.17) is 4.74 Å². The zero-order valence-corrected chi connectivity index (χ0v) is 10.3. The first-order valence-corrected chi connectivity index (χ1v) is 5.90. The third-order valence-corrected chi connectivity index (χ3v) is 2.71. The summed E-state index contributed by atoms with van der Waals surface area (Å²) in [5.74, 6) is -0.335. The lowest BCUT2D eigenvalue weighted by molar-refractivity contribution is -0.138. The second-order valence-electron chi connectivity index (χ2n) is 3.99. The van der Waals surface area contributed by atoms with Crippen molar-refractivity contribution in [3.8, 4) is 0 Å². The largest absolute Gasteiger partial charge is 0.463 e. The summed E-state index contributed by atoms with van der Waals surface area (Å²) >= 11 is 0. The molecule has 0 saturated heterocycles. The van der Waals surface area contributed by atoms with Crippen molar-refractivity contribution in [2.45, 2.75) is 13.3 Å². The van der Waals surface area contributed by atoms with Crippen LogP contribution in [-0.2, 0) is 16.0 Å². The molecule has 0 saturated carbocycles. The van der Waals surface area contributed by atoms with Crippen LogP contribution in [0.1, 0.15) is 12.5 Å². The average Bonchev–Trinajstić information content (AvgIpc) is 2.39. The molecule has 0 spiro atoms. The minimum absolute atomic E-state index is 0.335. The Hall–Kier alpha value is -2.16. The summed E-state index contributed by atoms with van der Waals surface area (Å²) in [6.07, 6.45) is 2.23. The van der Waals surface area contributed by atoms with E-state index in [1.54, 1.807) is 13.1 Å². The number of hydrogen-bond acceptors (Lipinski definition) is 3. The maximum absolute atomic E-state index is 11.5. The van der Waals surface area contributed by atoms with Gasteiger partial charge in [-0.3, -0.25) is 4.98 Å².